The van der Waals surface area contributed by atoms with E-state index >= 15 is 0 Å². The second-order valence-corrected chi connectivity index (χ2v) is 3.92. The van der Waals surface area contributed by atoms with Crippen LogP contribution in [0.3, 0.4) is 0 Å². The van der Waals surface area contributed by atoms with Crippen LogP contribution in [0.2, 0.25) is 0 Å². The molecular formula is C14H17FO4. The smallest absolute Gasteiger partial charge is 0.328 e. The van der Waals surface area contributed by atoms with Crippen molar-refractivity contribution in [1.82, 2.24) is 0 Å². The van der Waals surface area contributed by atoms with Crippen molar-refractivity contribution in [3.63, 3.8) is 0 Å². The Hall–Kier alpha value is -1.72. The Bertz CT molecular complexity index is 443. The molecule has 4 nitrogen and oxygen atoms in total. The second kappa shape index (κ2) is 8.39. The minimum absolute atomic E-state index is 0.193. The quantitative estimate of drug-likeness (QED) is 0.581. The van der Waals surface area contributed by atoms with Gasteiger partial charge in [-0.25, -0.2) is 9.18 Å². The molecule has 1 aromatic rings. The predicted molar refractivity (Wildman–Crippen MR) is 69.2 cm³/mol. The molecule has 0 saturated carbocycles. The van der Waals surface area contributed by atoms with E-state index in [-0.39, 0.29) is 6.61 Å². The minimum Gasteiger partial charge on any atom is -0.478 e. The van der Waals surface area contributed by atoms with Crippen LogP contribution in [0.4, 0.5) is 4.39 Å². The van der Waals surface area contributed by atoms with E-state index in [9.17, 15) is 9.18 Å². The van der Waals surface area contributed by atoms with Crippen LogP contribution in [0.1, 0.15) is 17.5 Å². The third-order valence-electron chi connectivity index (χ3n) is 2.39. The molecule has 0 unspecified atom stereocenters. The number of carboxylic acids is 1. The van der Waals surface area contributed by atoms with Crippen LogP contribution in [0.25, 0.3) is 6.08 Å². The summed E-state index contributed by atoms with van der Waals surface area (Å²) in [6, 6.07) is 4.52. The number of hydrogen-bond acceptors (Lipinski definition) is 3. The summed E-state index contributed by atoms with van der Waals surface area (Å²) in [5.41, 5.74) is 0.952. The fourth-order valence-electron chi connectivity index (χ4n) is 1.44. The van der Waals surface area contributed by atoms with Crippen LogP contribution in [-0.2, 0) is 20.9 Å². The van der Waals surface area contributed by atoms with Gasteiger partial charge in [0.1, 0.15) is 5.82 Å². The first-order chi connectivity index (χ1) is 9.13. The molecule has 0 aliphatic rings. The van der Waals surface area contributed by atoms with Gasteiger partial charge >= 0.3 is 5.97 Å². The van der Waals surface area contributed by atoms with Crippen LogP contribution in [0.5, 0.6) is 0 Å². The van der Waals surface area contributed by atoms with Crippen molar-refractivity contribution in [2.45, 2.75) is 13.0 Å². The fraction of sp³-hybridized carbons (Fsp3) is 0.357. The summed E-state index contributed by atoms with van der Waals surface area (Å²) in [6.45, 7) is 1.31. The summed E-state index contributed by atoms with van der Waals surface area (Å²) in [6.07, 6.45) is 3.07. The molecular weight excluding hydrogens is 251 g/mol. The van der Waals surface area contributed by atoms with Crippen LogP contribution >= 0.6 is 0 Å². The molecule has 1 rings (SSSR count). The molecule has 1 aromatic carbocycles. The first kappa shape index (κ1) is 15.3. The molecule has 0 fully saturated rings. The number of halogens is 1. The fourth-order valence-corrected chi connectivity index (χ4v) is 1.44. The lowest BCUT2D eigenvalue weighted by Gasteiger charge is -2.06. The summed E-state index contributed by atoms with van der Waals surface area (Å²) >= 11 is 0. The first-order valence-corrected chi connectivity index (χ1v) is 5.89. The number of hydrogen-bond donors (Lipinski definition) is 1. The van der Waals surface area contributed by atoms with E-state index < -0.39 is 11.8 Å². The predicted octanol–water partition coefficient (Wildman–Crippen LogP) is 2.48. The zero-order valence-corrected chi connectivity index (χ0v) is 10.8. The number of aliphatic carboxylic acids is 1. The number of benzene rings is 1. The van der Waals surface area contributed by atoms with Gasteiger partial charge in [-0.15, -0.1) is 0 Å². The lowest BCUT2D eigenvalue weighted by molar-refractivity contribution is -0.131. The molecule has 0 saturated heterocycles. The van der Waals surface area contributed by atoms with Crippen LogP contribution in [0.15, 0.2) is 24.3 Å². The maximum absolute atomic E-state index is 13.7. The van der Waals surface area contributed by atoms with Crippen molar-refractivity contribution < 1.29 is 23.8 Å². The third-order valence-corrected chi connectivity index (χ3v) is 2.39. The zero-order valence-electron chi connectivity index (χ0n) is 10.8. The Morgan fingerprint density at radius 1 is 1.42 bits per heavy atom. The maximum atomic E-state index is 13.7. The van der Waals surface area contributed by atoms with Gasteiger partial charge in [0.05, 0.1) is 6.61 Å². The summed E-state index contributed by atoms with van der Waals surface area (Å²) in [5, 5.41) is 8.47. The molecule has 0 amide bonds. The van der Waals surface area contributed by atoms with Crippen molar-refractivity contribution in [1.29, 1.82) is 0 Å². The van der Waals surface area contributed by atoms with Gasteiger partial charge < -0.3 is 14.6 Å². The molecule has 19 heavy (non-hydrogen) atoms. The number of ether oxygens (including phenoxy) is 2. The van der Waals surface area contributed by atoms with Gasteiger partial charge in [-0.05, 0) is 24.1 Å². The standard InChI is InChI=1S/C14H17FO4/c1-18-7-2-8-19-10-12-5-3-11(9-13(12)15)4-6-14(16)17/h3-6,9H,2,7-8,10H2,1H3,(H,16,17)/b6-4+. The normalized spacial score (nSPS) is 11.1. The molecule has 0 aliphatic heterocycles. The van der Waals surface area contributed by atoms with E-state index in [1.807, 2.05) is 0 Å². The van der Waals surface area contributed by atoms with Crippen molar-refractivity contribution in [3.05, 3.63) is 41.2 Å². The van der Waals surface area contributed by atoms with E-state index in [4.69, 9.17) is 14.6 Å². The number of carboxylic acid groups (broad SMARTS) is 1. The van der Waals surface area contributed by atoms with E-state index in [1.54, 1.807) is 19.2 Å². The molecule has 5 heteroatoms. The Kier molecular flexibility index (Phi) is 6.78. The molecule has 104 valence electrons. The lowest BCUT2D eigenvalue weighted by Crippen LogP contribution is -2.01. The van der Waals surface area contributed by atoms with E-state index in [2.05, 4.69) is 0 Å². The summed E-state index contributed by atoms with van der Waals surface area (Å²) < 4.78 is 23.8. The topological polar surface area (TPSA) is 55.8 Å². The van der Waals surface area contributed by atoms with Crippen LogP contribution in [-0.4, -0.2) is 31.4 Å². The van der Waals surface area contributed by atoms with Gasteiger partial charge in [0.2, 0.25) is 0 Å². The van der Waals surface area contributed by atoms with Gasteiger partial charge in [-0.2, -0.15) is 0 Å². The second-order valence-electron chi connectivity index (χ2n) is 3.92. The molecule has 0 bridgehead atoms. The monoisotopic (exact) mass is 268 g/mol. The largest absolute Gasteiger partial charge is 0.478 e. The molecule has 0 spiro atoms. The van der Waals surface area contributed by atoms with Gasteiger partial charge in [-0.1, -0.05) is 12.1 Å². The van der Waals surface area contributed by atoms with Crippen molar-refractivity contribution in [2.24, 2.45) is 0 Å². The van der Waals surface area contributed by atoms with Crippen molar-refractivity contribution >= 4 is 12.0 Å². The zero-order chi connectivity index (χ0) is 14.1. The Morgan fingerprint density at radius 2 is 2.21 bits per heavy atom. The molecule has 1 N–H and O–H groups in total. The number of rotatable bonds is 8. The van der Waals surface area contributed by atoms with E-state index in [0.29, 0.717) is 24.3 Å². The van der Waals surface area contributed by atoms with E-state index in [1.165, 1.54) is 12.1 Å². The summed E-state index contributed by atoms with van der Waals surface area (Å²) in [4.78, 5) is 10.3. The molecule has 0 radical (unpaired) electrons. The van der Waals surface area contributed by atoms with Crippen molar-refractivity contribution in [3.8, 4) is 0 Å². The average molecular weight is 268 g/mol. The van der Waals surface area contributed by atoms with Crippen molar-refractivity contribution in [2.75, 3.05) is 20.3 Å². The highest BCUT2D eigenvalue weighted by molar-refractivity contribution is 5.85. The number of methoxy groups -OCH3 is 1. The Balaban J connectivity index is 2.50. The minimum atomic E-state index is -1.06. The summed E-state index contributed by atoms with van der Waals surface area (Å²) in [5.74, 6) is -1.47. The SMILES string of the molecule is COCCCOCc1ccc(/C=C/C(=O)O)cc1F. The molecule has 0 atom stereocenters. The van der Waals surface area contributed by atoms with Gasteiger partial charge in [-0.3, -0.25) is 0 Å². The highest BCUT2D eigenvalue weighted by Crippen LogP contribution is 2.13. The summed E-state index contributed by atoms with van der Waals surface area (Å²) in [7, 11) is 1.61. The molecule has 0 aromatic heterocycles. The first-order valence-electron chi connectivity index (χ1n) is 5.89. The van der Waals surface area contributed by atoms with E-state index in [0.717, 1.165) is 12.5 Å². The Morgan fingerprint density at radius 3 is 2.84 bits per heavy atom. The maximum Gasteiger partial charge on any atom is 0.328 e. The average Bonchev–Trinajstić information content (AvgIpc) is 2.38. The van der Waals surface area contributed by atoms with Gasteiger partial charge in [0.25, 0.3) is 0 Å². The number of carbonyl (C=O) groups is 1. The van der Waals surface area contributed by atoms with Gasteiger partial charge in [0.15, 0.2) is 0 Å². The highest BCUT2D eigenvalue weighted by Gasteiger charge is 2.03. The molecule has 0 heterocycles. The van der Waals surface area contributed by atoms with Crippen LogP contribution in [0, 0.1) is 5.82 Å². The van der Waals surface area contributed by atoms with Crippen LogP contribution < -0.4 is 0 Å². The van der Waals surface area contributed by atoms with Gasteiger partial charge in [0, 0.05) is 32.0 Å². The highest BCUT2D eigenvalue weighted by atomic mass is 19.1. The Labute approximate surface area is 111 Å². The molecule has 0 aliphatic carbocycles. The third kappa shape index (κ3) is 6.13. The lowest BCUT2D eigenvalue weighted by atomic mass is 10.1.